The molecule has 2 N–H and O–H groups in total. The standard InChI is InChI=1S/C18H26N2O3/c1-2-23-17(21)10-4-3-7-11-20-13-15-9-6-5-8-14(15)12-16(20)18(19)22/h5-6,8-9,16H,2-4,7,10-13H2,1H3,(H2,19,22)/t16-/m1/s1. The molecule has 1 atom stereocenters. The molecule has 5 nitrogen and oxygen atoms in total. The van der Waals surface area contributed by atoms with Gasteiger partial charge in [-0.25, -0.2) is 0 Å². The van der Waals surface area contributed by atoms with E-state index in [0.717, 1.165) is 32.4 Å². The lowest BCUT2D eigenvalue weighted by Gasteiger charge is -2.35. The number of carbonyl (C=O) groups is 2. The van der Waals surface area contributed by atoms with Crippen LogP contribution < -0.4 is 5.73 Å². The lowest BCUT2D eigenvalue weighted by molar-refractivity contribution is -0.143. The zero-order valence-corrected chi connectivity index (χ0v) is 13.8. The van der Waals surface area contributed by atoms with Gasteiger partial charge in [-0.2, -0.15) is 0 Å². The maximum Gasteiger partial charge on any atom is 0.305 e. The van der Waals surface area contributed by atoms with Gasteiger partial charge >= 0.3 is 5.97 Å². The van der Waals surface area contributed by atoms with Gasteiger partial charge in [-0.15, -0.1) is 0 Å². The van der Waals surface area contributed by atoms with E-state index in [9.17, 15) is 9.59 Å². The van der Waals surface area contributed by atoms with Gasteiger partial charge in [-0.1, -0.05) is 30.7 Å². The molecule has 1 heterocycles. The minimum absolute atomic E-state index is 0.130. The van der Waals surface area contributed by atoms with Crippen LogP contribution in [0, 0.1) is 0 Å². The third-order valence-corrected chi connectivity index (χ3v) is 4.31. The Bertz CT molecular complexity index is 545. The highest BCUT2D eigenvalue weighted by Gasteiger charge is 2.29. The number of unbranched alkanes of at least 4 members (excludes halogenated alkanes) is 2. The Hall–Kier alpha value is -1.88. The number of benzene rings is 1. The molecule has 0 bridgehead atoms. The number of nitrogens with zero attached hydrogens (tertiary/aromatic N) is 1. The Kier molecular flexibility index (Phi) is 6.59. The molecule has 0 saturated heterocycles. The van der Waals surface area contributed by atoms with Gasteiger partial charge in [0.1, 0.15) is 0 Å². The van der Waals surface area contributed by atoms with Gasteiger partial charge in [0.25, 0.3) is 0 Å². The third kappa shape index (κ3) is 5.06. The third-order valence-electron chi connectivity index (χ3n) is 4.31. The summed E-state index contributed by atoms with van der Waals surface area (Å²) in [5.74, 6) is -0.388. The second-order valence-corrected chi connectivity index (χ2v) is 5.98. The minimum atomic E-state index is -0.258. The summed E-state index contributed by atoms with van der Waals surface area (Å²) in [6, 6.07) is 7.99. The van der Waals surface area contributed by atoms with Gasteiger partial charge in [-0.05, 0) is 43.9 Å². The molecule has 1 aliphatic heterocycles. The van der Waals surface area contributed by atoms with E-state index >= 15 is 0 Å². The molecule has 0 aliphatic carbocycles. The first-order valence-corrected chi connectivity index (χ1v) is 8.37. The van der Waals surface area contributed by atoms with Crippen LogP contribution >= 0.6 is 0 Å². The van der Waals surface area contributed by atoms with Crippen LogP contribution in [0.2, 0.25) is 0 Å². The average molecular weight is 318 g/mol. The van der Waals surface area contributed by atoms with Crippen molar-refractivity contribution in [2.45, 2.75) is 51.6 Å². The van der Waals surface area contributed by atoms with Crippen molar-refractivity contribution < 1.29 is 14.3 Å². The van der Waals surface area contributed by atoms with Crippen molar-refractivity contribution in [2.75, 3.05) is 13.2 Å². The second kappa shape index (κ2) is 8.67. The molecule has 1 aliphatic rings. The van der Waals surface area contributed by atoms with E-state index in [1.165, 1.54) is 11.1 Å². The first kappa shape index (κ1) is 17.5. The fraction of sp³-hybridized carbons (Fsp3) is 0.556. The SMILES string of the molecule is CCOC(=O)CCCCCN1Cc2ccccc2C[C@@H]1C(N)=O. The Morgan fingerprint density at radius 3 is 2.65 bits per heavy atom. The molecule has 0 saturated carbocycles. The summed E-state index contributed by atoms with van der Waals surface area (Å²) in [5.41, 5.74) is 8.07. The second-order valence-electron chi connectivity index (χ2n) is 5.98. The van der Waals surface area contributed by atoms with E-state index in [0.29, 0.717) is 19.4 Å². The van der Waals surface area contributed by atoms with Crippen LogP contribution in [0.25, 0.3) is 0 Å². The number of primary amides is 1. The molecule has 5 heteroatoms. The summed E-state index contributed by atoms with van der Waals surface area (Å²) < 4.78 is 4.92. The van der Waals surface area contributed by atoms with Crippen molar-refractivity contribution in [3.63, 3.8) is 0 Å². The number of esters is 1. The van der Waals surface area contributed by atoms with E-state index in [-0.39, 0.29) is 17.9 Å². The number of nitrogens with two attached hydrogens (primary N) is 1. The summed E-state index contributed by atoms with van der Waals surface area (Å²) in [6.07, 6.45) is 3.88. The number of rotatable bonds is 8. The lowest BCUT2D eigenvalue weighted by Crippen LogP contribution is -2.48. The molecule has 0 aromatic heterocycles. The number of amides is 1. The van der Waals surface area contributed by atoms with Gasteiger partial charge in [0.15, 0.2) is 0 Å². The lowest BCUT2D eigenvalue weighted by atomic mass is 9.93. The normalized spacial score (nSPS) is 17.5. The first-order chi connectivity index (χ1) is 11.1. The number of hydrogen-bond acceptors (Lipinski definition) is 4. The summed E-state index contributed by atoms with van der Waals surface area (Å²) in [4.78, 5) is 25.2. The zero-order chi connectivity index (χ0) is 16.7. The Morgan fingerprint density at radius 1 is 1.22 bits per heavy atom. The fourth-order valence-corrected chi connectivity index (χ4v) is 3.09. The smallest absolute Gasteiger partial charge is 0.305 e. The first-order valence-electron chi connectivity index (χ1n) is 8.37. The van der Waals surface area contributed by atoms with Crippen molar-refractivity contribution in [3.8, 4) is 0 Å². The Morgan fingerprint density at radius 2 is 1.96 bits per heavy atom. The van der Waals surface area contributed by atoms with Crippen LogP contribution in [0.1, 0.15) is 43.7 Å². The summed E-state index contributed by atoms with van der Waals surface area (Å²) in [6.45, 7) is 3.84. The van der Waals surface area contributed by atoms with E-state index in [2.05, 4.69) is 17.0 Å². The highest BCUT2D eigenvalue weighted by molar-refractivity contribution is 5.80. The quantitative estimate of drug-likeness (QED) is 0.588. The molecule has 1 amide bonds. The van der Waals surface area contributed by atoms with Crippen molar-refractivity contribution in [1.82, 2.24) is 4.90 Å². The largest absolute Gasteiger partial charge is 0.466 e. The number of carbonyl (C=O) groups excluding carboxylic acids is 2. The van der Waals surface area contributed by atoms with Crippen molar-refractivity contribution in [3.05, 3.63) is 35.4 Å². The van der Waals surface area contributed by atoms with Gasteiger partial charge in [0.2, 0.25) is 5.91 Å². The highest BCUT2D eigenvalue weighted by Crippen LogP contribution is 2.23. The van der Waals surface area contributed by atoms with Crippen LogP contribution in [0.5, 0.6) is 0 Å². The van der Waals surface area contributed by atoms with Gasteiger partial charge in [-0.3, -0.25) is 14.5 Å². The molecule has 0 fully saturated rings. The topological polar surface area (TPSA) is 72.6 Å². The molecule has 126 valence electrons. The molecule has 0 unspecified atom stereocenters. The zero-order valence-electron chi connectivity index (χ0n) is 13.8. The summed E-state index contributed by atoms with van der Waals surface area (Å²) in [7, 11) is 0. The van der Waals surface area contributed by atoms with E-state index in [1.807, 2.05) is 19.1 Å². The molecule has 1 aromatic rings. The molecule has 23 heavy (non-hydrogen) atoms. The maximum atomic E-state index is 11.7. The van der Waals surface area contributed by atoms with Gasteiger partial charge < -0.3 is 10.5 Å². The van der Waals surface area contributed by atoms with Crippen LogP contribution in [0.4, 0.5) is 0 Å². The Labute approximate surface area is 137 Å². The predicted octanol–water partition coefficient (Wildman–Crippen LogP) is 2.02. The van der Waals surface area contributed by atoms with Crippen molar-refractivity contribution in [1.29, 1.82) is 0 Å². The average Bonchev–Trinajstić information content (AvgIpc) is 2.54. The fourth-order valence-electron chi connectivity index (χ4n) is 3.09. The molecule has 1 aromatic carbocycles. The summed E-state index contributed by atoms with van der Waals surface area (Å²) >= 11 is 0. The van der Waals surface area contributed by atoms with Gasteiger partial charge in [0.05, 0.1) is 12.6 Å². The monoisotopic (exact) mass is 318 g/mol. The van der Waals surface area contributed by atoms with Crippen LogP contribution in [0.3, 0.4) is 0 Å². The predicted molar refractivity (Wildman–Crippen MR) is 88.6 cm³/mol. The maximum absolute atomic E-state index is 11.7. The molecular formula is C18H26N2O3. The van der Waals surface area contributed by atoms with Gasteiger partial charge in [0, 0.05) is 13.0 Å². The van der Waals surface area contributed by atoms with E-state index in [1.54, 1.807) is 0 Å². The highest BCUT2D eigenvalue weighted by atomic mass is 16.5. The molecule has 2 rings (SSSR count). The Balaban J connectivity index is 1.81. The molecular weight excluding hydrogens is 292 g/mol. The minimum Gasteiger partial charge on any atom is -0.466 e. The summed E-state index contributed by atoms with van der Waals surface area (Å²) in [5, 5.41) is 0. The van der Waals surface area contributed by atoms with E-state index < -0.39 is 0 Å². The number of fused-ring (bicyclic) bond motifs is 1. The molecule has 0 radical (unpaired) electrons. The number of ether oxygens (including phenoxy) is 1. The molecule has 0 spiro atoms. The van der Waals surface area contributed by atoms with Crippen molar-refractivity contribution in [2.24, 2.45) is 5.73 Å². The van der Waals surface area contributed by atoms with Crippen LogP contribution in [-0.4, -0.2) is 36.0 Å². The van der Waals surface area contributed by atoms with Crippen LogP contribution in [-0.2, 0) is 27.3 Å². The number of hydrogen-bond donors (Lipinski definition) is 1. The van der Waals surface area contributed by atoms with E-state index in [4.69, 9.17) is 10.5 Å². The van der Waals surface area contributed by atoms with Crippen LogP contribution in [0.15, 0.2) is 24.3 Å². The van der Waals surface area contributed by atoms with Crippen molar-refractivity contribution >= 4 is 11.9 Å².